The van der Waals surface area contributed by atoms with Gasteiger partial charge in [-0.2, -0.15) is 21.4 Å². The second kappa shape index (κ2) is 19.2. The van der Waals surface area contributed by atoms with Crippen LogP contribution in [0.2, 0.25) is 0 Å². The molecule has 0 saturated heterocycles. The zero-order valence-corrected chi connectivity index (χ0v) is 39.4. The smallest absolute Gasteiger partial charge is 0.294 e. The quantitative estimate of drug-likeness (QED) is 0.0407. The molecule has 7 rings (SSSR count). The molecular weight excluding hydrogens is 865 g/mol. The van der Waals surface area contributed by atoms with Crippen molar-refractivity contribution in [1.82, 2.24) is 5.23 Å². The summed E-state index contributed by atoms with van der Waals surface area (Å²) in [5, 5.41) is 4.93. The Balaban J connectivity index is 1.31. The first-order chi connectivity index (χ1) is 30.8. The van der Waals surface area contributed by atoms with Gasteiger partial charge in [-0.3, -0.25) is 13.9 Å². The average Bonchev–Trinajstić information content (AvgIpc) is 3.60. The number of ether oxygens (including phenoxy) is 1. The third-order valence-electron chi connectivity index (χ3n) is 12.9. The lowest BCUT2D eigenvalue weighted by Gasteiger charge is -2.28. The maximum atomic E-state index is 14.8. The predicted molar refractivity (Wildman–Crippen MR) is 257 cm³/mol. The number of allylic oxidation sites excluding steroid dienone is 7. The van der Waals surface area contributed by atoms with Crippen LogP contribution in [0.3, 0.4) is 0 Å². The maximum Gasteiger partial charge on any atom is 0.294 e. The Morgan fingerprint density at radius 3 is 2.35 bits per heavy atom. The number of amides is 1. The third kappa shape index (κ3) is 10.5. The Labute approximate surface area is 383 Å². The molecule has 11 nitrogen and oxygen atoms in total. The second-order valence-corrected chi connectivity index (χ2v) is 21.1. The van der Waals surface area contributed by atoms with E-state index in [1.807, 2.05) is 18.2 Å². The number of hydrogen-bond acceptors (Lipinski definition) is 7. The molecule has 4 aromatic rings. The van der Waals surface area contributed by atoms with Gasteiger partial charge in [0.05, 0.1) is 16.1 Å². The number of hydrogen-bond donors (Lipinski definition) is 3. The van der Waals surface area contributed by atoms with Crippen molar-refractivity contribution in [3.05, 3.63) is 143 Å². The number of carbonyl (C=O) groups is 1. The van der Waals surface area contributed by atoms with Gasteiger partial charge in [-0.1, -0.05) is 50.3 Å². The first-order valence-corrected chi connectivity index (χ1v) is 25.3. The van der Waals surface area contributed by atoms with E-state index in [-0.39, 0.29) is 22.4 Å². The molecule has 2 aliphatic heterocycles. The van der Waals surface area contributed by atoms with Crippen LogP contribution in [0.25, 0.3) is 10.8 Å². The van der Waals surface area contributed by atoms with Gasteiger partial charge in [0, 0.05) is 53.9 Å². The van der Waals surface area contributed by atoms with Gasteiger partial charge >= 0.3 is 0 Å². The average molecular weight is 923 g/mol. The van der Waals surface area contributed by atoms with Gasteiger partial charge in [-0.05, 0) is 141 Å². The van der Waals surface area contributed by atoms with Crippen LogP contribution in [0, 0.1) is 5.82 Å². The molecule has 1 amide bonds. The van der Waals surface area contributed by atoms with Crippen LogP contribution in [-0.4, -0.2) is 69.0 Å². The molecule has 3 N–H and O–H groups in total. The number of nitrogens with zero attached hydrogens (tertiary/aromatic N) is 2. The molecular formula is C50H58BFN3O8S2+. The Hall–Kier alpha value is -5.35. The SMILES string of the molecule is BNC(=O)CCCCC[N+]1=C(/C=C/C2=C(Oc3ccc(S(=O)(=O)O)cc3)C(=C/C=C3/N(CCCCS(=O)(=O)O)c4ccc5ccccc5c4C3(C)C)/CCC2)C(C)(C)c2cc(F)ccc21. The zero-order valence-electron chi connectivity index (χ0n) is 37.7. The molecule has 3 aliphatic rings. The van der Waals surface area contributed by atoms with E-state index < -0.39 is 31.1 Å². The molecule has 1 aliphatic carbocycles. The Morgan fingerprint density at radius 2 is 1.63 bits per heavy atom. The molecule has 65 heavy (non-hydrogen) atoms. The van der Waals surface area contributed by atoms with E-state index in [2.05, 4.69) is 91.0 Å². The highest BCUT2D eigenvalue weighted by Gasteiger charge is 2.45. The number of nitrogens with one attached hydrogen (secondary N) is 1. The molecule has 342 valence electrons. The fourth-order valence-electron chi connectivity index (χ4n) is 9.58. The summed E-state index contributed by atoms with van der Waals surface area (Å²) < 4.78 is 90.1. The first-order valence-electron chi connectivity index (χ1n) is 22.3. The van der Waals surface area contributed by atoms with Crippen LogP contribution < -0.4 is 14.9 Å². The highest BCUT2D eigenvalue weighted by atomic mass is 32.2. The lowest BCUT2D eigenvalue weighted by Crippen LogP contribution is -2.28. The van der Waals surface area contributed by atoms with Crippen LogP contribution in [0.4, 0.5) is 15.8 Å². The van der Waals surface area contributed by atoms with Gasteiger partial charge < -0.3 is 14.9 Å². The van der Waals surface area contributed by atoms with E-state index in [0.29, 0.717) is 56.7 Å². The van der Waals surface area contributed by atoms with Crippen molar-refractivity contribution >= 4 is 62.0 Å². The highest BCUT2D eigenvalue weighted by Crippen LogP contribution is 2.51. The predicted octanol–water partition coefficient (Wildman–Crippen LogP) is 9.18. The minimum absolute atomic E-state index is 0.0119. The van der Waals surface area contributed by atoms with Crippen LogP contribution in [0.5, 0.6) is 5.75 Å². The number of carbonyl (C=O) groups excluding carboxylic acids is 1. The largest absolute Gasteiger partial charge is 0.457 e. The summed E-state index contributed by atoms with van der Waals surface area (Å²) in [6.07, 6.45) is 14.3. The summed E-state index contributed by atoms with van der Waals surface area (Å²) in [5.74, 6) is 0.386. The van der Waals surface area contributed by atoms with Crippen molar-refractivity contribution in [2.24, 2.45) is 0 Å². The van der Waals surface area contributed by atoms with Crippen molar-refractivity contribution in [3.63, 3.8) is 0 Å². The van der Waals surface area contributed by atoms with Crippen molar-refractivity contribution < 1.29 is 44.4 Å². The molecule has 0 radical (unpaired) electrons. The van der Waals surface area contributed by atoms with E-state index in [4.69, 9.17) is 4.74 Å². The van der Waals surface area contributed by atoms with E-state index in [1.54, 1.807) is 14.0 Å². The molecule has 15 heteroatoms. The third-order valence-corrected chi connectivity index (χ3v) is 14.6. The van der Waals surface area contributed by atoms with Crippen LogP contribution in [0.1, 0.15) is 96.6 Å². The lowest BCUT2D eigenvalue weighted by atomic mass is 9.80. The molecule has 0 atom stereocenters. The molecule has 0 saturated carbocycles. The summed E-state index contributed by atoms with van der Waals surface area (Å²) in [7, 11) is -6.90. The van der Waals surface area contributed by atoms with Crippen molar-refractivity contribution in [1.29, 1.82) is 0 Å². The van der Waals surface area contributed by atoms with Gasteiger partial charge in [-0.25, -0.2) is 4.39 Å². The molecule has 0 bridgehead atoms. The summed E-state index contributed by atoms with van der Waals surface area (Å²) in [6, 6.07) is 23.1. The number of benzene rings is 4. The summed E-state index contributed by atoms with van der Waals surface area (Å²) in [5.41, 5.74) is 6.87. The molecule has 0 fully saturated rings. The molecule has 4 aromatic carbocycles. The van der Waals surface area contributed by atoms with Crippen LogP contribution >= 0.6 is 0 Å². The fraction of sp³-hybridized carbons (Fsp3) is 0.360. The first kappa shape index (κ1) is 47.6. The van der Waals surface area contributed by atoms with Crippen molar-refractivity contribution in [2.75, 3.05) is 23.7 Å². The monoisotopic (exact) mass is 922 g/mol. The zero-order chi connectivity index (χ0) is 46.7. The number of rotatable bonds is 17. The van der Waals surface area contributed by atoms with Gasteiger partial charge in [0.2, 0.25) is 19.6 Å². The van der Waals surface area contributed by atoms with Crippen molar-refractivity contribution in [2.45, 2.75) is 101 Å². The summed E-state index contributed by atoms with van der Waals surface area (Å²) in [4.78, 5) is 13.9. The fourth-order valence-corrected chi connectivity index (χ4v) is 10.6. The van der Waals surface area contributed by atoms with E-state index in [1.165, 1.54) is 35.9 Å². The number of anilines is 1. The highest BCUT2D eigenvalue weighted by molar-refractivity contribution is 7.86. The maximum absolute atomic E-state index is 14.8. The van der Waals surface area contributed by atoms with Crippen molar-refractivity contribution in [3.8, 4) is 5.75 Å². The minimum atomic E-state index is -4.43. The molecule has 0 spiro atoms. The van der Waals surface area contributed by atoms with Gasteiger partial charge in [0.25, 0.3) is 20.2 Å². The Bertz CT molecular complexity index is 2880. The van der Waals surface area contributed by atoms with Crippen LogP contribution in [-0.2, 0) is 35.9 Å². The number of fused-ring (bicyclic) bond motifs is 4. The number of halogens is 1. The van der Waals surface area contributed by atoms with Gasteiger partial charge in [0.15, 0.2) is 5.71 Å². The summed E-state index contributed by atoms with van der Waals surface area (Å²) in [6.45, 7) is 9.78. The lowest BCUT2D eigenvalue weighted by molar-refractivity contribution is -0.438. The molecule has 0 unspecified atom stereocenters. The van der Waals surface area contributed by atoms with Gasteiger partial charge in [-0.15, -0.1) is 0 Å². The Kier molecular flexibility index (Phi) is 14.1. The molecule has 0 aromatic heterocycles. The Morgan fingerprint density at radius 1 is 0.877 bits per heavy atom. The number of unbranched alkanes of at least 4 members (excludes halogenated alkanes) is 3. The molecule has 2 heterocycles. The van der Waals surface area contributed by atoms with Gasteiger partial charge in [0.1, 0.15) is 23.9 Å². The van der Waals surface area contributed by atoms with Crippen LogP contribution in [0.15, 0.2) is 131 Å². The van der Waals surface area contributed by atoms with E-state index >= 15 is 0 Å². The second-order valence-electron chi connectivity index (χ2n) is 18.1. The minimum Gasteiger partial charge on any atom is -0.457 e. The standard InChI is InChI=1S/C50H57BFN3O8S2/c1-49(2)41-33-37(52)21-27-42(41)54(30-9-5-6-17-46(56)53-51)44(49)28-19-35-14-12-15-36(48(35)63-38-22-24-39(25-23-38)65(60,61)62)20-29-45-50(3,4)47-40-16-8-7-13-34(40)18-26-43(47)55(45)31-10-11-32-64(57,58)59/h7-8,13,16,18-29,33H,5-6,9-12,14-15,17,30-32,51H2,1-4H3,(H2-,53,56,57,58,59,60,61,62)/p+1. The van der Waals surface area contributed by atoms with E-state index in [0.717, 1.165) is 75.9 Å². The normalized spacial score (nSPS) is 18.3. The summed E-state index contributed by atoms with van der Waals surface area (Å²) >= 11 is 0. The topological polar surface area (TPSA) is 153 Å². The van der Waals surface area contributed by atoms with E-state index in [9.17, 15) is 35.1 Å².